The SMILES string of the molecule is CC(=O)CC(O)C1CCCC1. The summed E-state index contributed by atoms with van der Waals surface area (Å²) in [7, 11) is 0. The van der Waals surface area contributed by atoms with Gasteiger partial charge < -0.3 is 5.11 Å². The number of hydrogen-bond acceptors (Lipinski definition) is 2. The average Bonchev–Trinajstić information content (AvgIpc) is 2.35. The Labute approximate surface area is 67.6 Å². The van der Waals surface area contributed by atoms with Crippen LogP contribution in [0.1, 0.15) is 39.0 Å². The summed E-state index contributed by atoms with van der Waals surface area (Å²) in [5.41, 5.74) is 0. The molecular formula is C9H16O2. The van der Waals surface area contributed by atoms with Crippen LogP contribution in [-0.4, -0.2) is 17.0 Å². The maximum Gasteiger partial charge on any atom is 0.132 e. The van der Waals surface area contributed by atoms with Crippen molar-refractivity contribution in [3.05, 3.63) is 0 Å². The van der Waals surface area contributed by atoms with Crippen molar-refractivity contribution in [3.63, 3.8) is 0 Å². The summed E-state index contributed by atoms with van der Waals surface area (Å²) >= 11 is 0. The van der Waals surface area contributed by atoms with E-state index in [-0.39, 0.29) is 11.9 Å². The number of hydrogen-bond donors (Lipinski definition) is 1. The Bertz CT molecular complexity index is 136. The van der Waals surface area contributed by atoms with Gasteiger partial charge in [0.25, 0.3) is 0 Å². The summed E-state index contributed by atoms with van der Waals surface area (Å²) in [6.45, 7) is 1.54. The Hall–Kier alpha value is -0.370. The van der Waals surface area contributed by atoms with E-state index in [1.165, 1.54) is 19.8 Å². The van der Waals surface area contributed by atoms with Gasteiger partial charge in [-0.25, -0.2) is 0 Å². The third-order valence-electron chi connectivity index (χ3n) is 2.44. The number of carbonyl (C=O) groups is 1. The molecule has 0 radical (unpaired) electrons. The van der Waals surface area contributed by atoms with Crippen LogP contribution in [0.25, 0.3) is 0 Å². The van der Waals surface area contributed by atoms with Gasteiger partial charge in [-0.1, -0.05) is 12.8 Å². The van der Waals surface area contributed by atoms with Gasteiger partial charge in [-0.3, -0.25) is 4.79 Å². The van der Waals surface area contributed by atoms with Gasteiger partial charge >= 0.3 is 0 Å². The molecule has 11 heavy (non-hydrogen) atoms. The first kappa shape index (κ1) is 8.72. The van der Waals surface area contributed by atoms with Gasteiger partial charge in [0, 0.05) is 6.42 Å². The van der Waals surface area contributed by atoms with E-state index in [1.54, 1.807) is 0 Å². The lowest BCUT2D eigenvalue weighted by Crippen LogP contribution is -2.20. The fraction of sp³-hybridized carbons (Fsp3) is 0.889. The molecule has 1 saturated carbocycles. The van der Waals surface area contributed by atoms with Crippen molar-refractivity contribution in [2.45, 2.75) is 45.1 Å². The lowest BCUT2D eigenvalue weighted by atomic mass is 9.97. The van der Waals surface area contributed by atoms with Crippen molar-refractivity contribution >= 4 is 5.78 Å². The van der Waals surface area contributed by atoms with Gasteiger partial charge in [-0.05, 0) is 25.7 Å². The molecule has 0 heterocycles. The first-order chi connectivity index (χ1) is 5.20. The lowest BCUT2D eigenvalue weighted by Gasteiger charge is -2.15. The quantitative estimate of drug-likeness (QED) is 0.672. The highest BCUT2D eigenvalue weighted by Gasteiger charge is 2.23. The monoisotopic (exact) mass is 156 g/mol. The molecule has 1 fully saturated rings. The van der Waals surface area contributed by atoms with E-state index in [9.17, 15) is 9.90 Å². The van der Waals surface area contributed by atoms with Crippen molar-refractivity contribution in [3.8, 4) is 0 Å². The smallest absolute Gasteiger partial charge is 0.132 e. The summed E-state index contributed by atoms with van der Waals surface area (Å²) in [6, 6.07) is 0. The van der Waals surface area contributed by atoms with Gasteiger partial charge in [0.15, 0.2) is 0 Å². The zero-order chi connectivity index (χ0) is 8.27. The Morgan fingerprint density at radius 2 is 2.09 bits per heavy atom. The van der Waals surface area contributed by atoms with E-state index in [0.29, 0.717) is 12.3 Å². The van der Waals surface area contributed by atoms with Crippen LogP contribution in [0.4, 0.5) is 0 Å². The van der Waals surface area contributed by atoms with Crippen molar-refractivity contribution < 1.29 is 9.90 Å². The molecule has 2 heteroatoms. The van der Waals surface area contributed by atoms with E-state index < -0.39 is 0 Å². The van der Waals surface area contributed by atoms with Crippen LogP contribution in [-0.2, 0) is 4.79 Å². The van der Waals surface area contributed by atoms with Gasteiger partial charge in [0.05, 0.1) is 6.10 Å². The third-order valence-corrected chi connectivity index (χ3v) is 2.44. The van der Waals surface area contributed by atoms with Crippen LogP contribution in [0, 0.1) is 5.92 Å². The zero-order valence-corrected chi connectivity index (χ0v) is 7.05. The Balaban J connectivity index is 2.28. The molecule has 0 aromatic heterocycles. The van der Waals surface area contributed by atoms with Crippen molar-refractivity contribution in [1.82, 2.24) is 0 Å². The zero-order valence-electron chi connectivity index (χ0n) is 7.05. The molecular weight excluding hydrogens is 140 g/mol. The highest BCUT2D eigenvalue weighted by molar-refractivity contribution is 5.75. The van der Waals surface area contributed by atoms with E-state index >= 15 is 0 Å². The third kappa shape index (κ3) is 2.62. The first-order valence-electron chi connectivity index (χ1n) is 4.37. The molecule has 1 rings (SSSR count). The molecule has 0 bridgehead atoms. The molecule has 2 nitrogen and oxygen atoms in total. The maximum absolute atomic E-state index is 10.7. The summed E-state index contributed by atoms with van der Waals surface area (Å²) in [5.74, 6) is 0.503. The minimum atomic E-state index is -0.366. The highest BCUT2D eigenvalue weighted by Crippen LogP contribution is 2.28. The number of aliphatic hydroxyl groups excluding tert-OH is 1. The van der Waals surface area contributed by atoms with Gasteiger partial charge in [-0.2, -0.15) is 0 Å². The van der Waals surface area contributed by atoms with Crippen LogP contribution in [0.15, 0.2) is 0 Å². The molecule has 0 aliphatic heterocycles. The highest BCUT2D eigenvalue weighted by atomic mass is 16.3. The van der Waals surface area contributed by atoms with E-state index in [2.05, 4.69) is 0 Å². The Morgan fingerprint density at radius 1 is 1.55 bits per heavy atom. The number of rotatable bonds is 3. The predicted molar refractivity (Wildman–Crippen MR) is 43.3 cm³/mol. The molecule has 0 aromatic carbocycles. The predicted octanol–water partition coefficient (Wildman–Crippen LogP) is 1.52. The Kier molecular flexibility index (Phi) is 3.06. The normalized spacial score (nSPS) is 22.0. The van der Waals surface area contributed by atoms with Gasteiger partial charge in [-0.15, -0.1) is 0 Å². The van der Waals surface area contributed by atoms with E-state index in [0.717, 1.165) is 12.8 Å². The molecule has 1 unspecified atom stereocenters. The second kappa shape index (κ2) is 3.86. The average molecular weight is 156 g/mol. The van der Waals surface area contributed by atoms with Gasteiger partial charge in [0.2, 0.25) is 0 Å². The molecule has 64 valence electrons. The second-order valence-electron chi connectivity index (χ2n) is 3.52. The molecule has 0 spiro atoms. The number of ketones is 1. The molecule has 1 aliphatic carbocycles. The fourth-order valence-electron chi connectivity index (χ4n) is 1.80. The van der Waals surface area contributed by atoms with Crippen LogP contribution in [0.2, 0.25) is 0 Å². The fourth-order valence-corrected chi connectivity index (χ4v) is 1.80. The first-order valence-corrected chi connectivity index (χ1v) is 4.37. The van der Waals surface area contributed by atoms with Crippen LogP contribution in [0.5, 0.6) is 0 Å². The molecule has 0 aromatic rings. The van der Waals surface area contributed by atoms with Crippen molar-refractivity contribution in [2.24, 2.45) is 5.92 Å². The maximum atomic E-state index is 10.7. The Morgan fingerprint density at radius 3 is 2.55 bits per heavy atom. The minimum Gasteiger partial charge on any atom is -0.392 e. The van der Waals surface area contributed by atoms with Crippen molar-refractivity contribution in [1.29, 1.82) is 0 Å². The molecule has 1 N–H and O–H groups in total. The topological polar surface area (TPSA) is 37.3 Å². The van der Waals surface area contributed by atoms with Crippen LogP contribution < -0.4 is 0 Å². The van der Waals surface area contributed by atoms with E-state index in [4.69, 9.17) is 0 Å². The van der Waals surface area contributed by atoms with Crippen molar-refractivity contribution in [2.75, 3.05) is 0 Å². The largest absolute Gasteiger partial charge is 0.392 e. The summed E-state index contributed by atoms with van der Waals surface area (Å²) in [5, 5.41) is 9.50. The molecule has 0 amide bonds. The number of carbonyl (C=O) groups excluding carboxylic acids is 1. The number of aliphatic hydroxyl groups is 1. The van der Waals surface area contributed by atoms with Gasteiger partial charge in [0.1, 0.15) is 5.78 Å². The molecule has 0 saturated heterocycles. The molecule has 1 aliphatic rings. The standard InChI is InChI=1S/C9H16O2/c1-7(10)6-9(11)8-4-2-3-5-8/h8-9,11H,2-6H2,1H3. The summed E-state index contributed by atoms with van der Waals surface area (Å²) in [4.78, 5) is 10.7. The second-order valence-corrected chi connectivity index (χ2v) is 3.52. The molecule has 1 atom stereocenters. The van der Waals surface area contributed by atoms with Crippen LogP contribution >= 0.6 is 0 Å². The number of Topliss-reactive ketones (excluding diaryl/α,β-unsaturated/α-hetero) is 1. The van der Waals surface area contributed by atoms with E-state index in [1.807, 2.05) is 0 Å². The lowest BCUT2D eigenvalue weighted by molar-refractivity contribution is -0.119. The summed E-state index contributed by atoms with van der Waals surface area (Å²) < 4.78 is 0. The minimum absolute atomic E-state index is 0.101. The van der Waals surface area contributed by atoms with Crippen LogP contribution in [0.3, 0.4) is 0 Å². The summed E-state index contributed by atoms with van der Waals surface area (Å²) in [6.07, 6.45) is 4.64.